The zero-order valence-electron chi connectivity index (χ0n) is 16.4. The number of ether oxygens (including phenoxy) is 2. The van der Waals surface area contributed by atoms with E-state index in [9.17, 15) is 13.2 Å². The van der Waals surface area contributed by atoms with Gasteiger partial charge in [-0.05, 0) is 30.7 Å². The highest BCUT2D eigenvalue weighted by Gasteiger charge is 2.29. The highest BCUT2D eigenvalue weighted by Crippen LogP contribution is 2.28. The van der Waals surface area contributed by atoms with Gasteiger partial charge < -0.3 is 20.1 Å². The zero-order chi connectivity index (χ0) is 19.7. The van der Waals surface area contributed by atoms with E-state index < -0.39 is 10.0 Å². The number of methoxy groups -OCH3 is 1. The molecule has 1 amide bonds. The molecule has 1 heterocycles. The monoisotopic (exact) mass is 435 g/mol. The minimum Gasteiger partial charge on any atom is -0.495 e. The second-order valence-electron chi connectivity index (χ2n) is 6.28. The Morgan fingerprint density at radius 2 is 1.93 bits per heavy atom. The number of nitrogens with one attached hydrogen (secondary N) is 2. The number of halogens is 1. The second kappa shape index (κ2) is 12.2. The molecule has 1 fully saturated rings. The summed E-state index contributed by atoms with van der Waals surface area (Å²) in [5.41, 5.74) is 0.627. The fourth-order valence-corrected chi connectivity index (χ4v) is 4.41. The molecule has 0 spiro atoms. The third kappa shape index (κ3) is 6.89. The van der Waals surface area contributed by atoms with Crippen molar-refractivity contribution in [2.45, 2.75) is 24.7 Å². The molecule has 1 saturated heterocycles. The minimum absolute atomic E-state index is 0. The van der Waals surface area contributed by atoms with Crippen LogP contribution in [0.3, 0.4) is 0 Å². The Bertz CT molecular complexity index is 724. The smallest absolute Gasteiger partial charge is 0.246 e. The lowest BCUT2D eigenvalue weighted by Gasteiger charge is -2.26. The van der Waals surface area contributed by atoms with Crippen LogP contribution in [0.1, 0.15) is 18.9 Å². The van der Waals surface area contributed by atoms with Crippen molar-refractivity contribution in [2.75, 3.05) is 53.0 Å². The van der Waals surface area contributed by atoms with Crippen LogP contribution < -0.4 is 15.4 Å². The molecule has 2 rings (SSSR count). The predicted molar refractivity (Wildman–Crippen MR) is 110 cm³/mol. The Hall–Kier alpha value is -1.39. The van der Waals surface area contributed by atoms with E-state index >= 15 is 0 Å². The SMILES string of the molecule is CCCNCCNC(=O)Cc1ccc(OC)c(S(=O)(=O)N2CCOCC2)c1.Cl. The third-order valence-electron chi connectivity index (χ3n) is 4.23. The number of benzene rings is 1. The van der Waals surface area contributed by atoms with Gasteiger partial charge in [-0.2, -0.15) is 4.31 Å². The third-order valence-corrected chi connectivity index (χ3v) is 6.15. The topological polar surface area (TPSA) is 97.0 Å². The van der Waals surface area contributed by atoms with Gasteiger partial charge in [0.25, 0.3) is 0 Å². The molecule has 8 nitrogen and oxygen atoms in total. The largest absolute Gasteiger partial charge is 0.495 e. The Kier molecular flexibility index (Phi) is 10.8. The number of nitrogens with zero attached hydrogens (tertiary/aromatic N) is 1. The molecule has 160 valence electrons. The number of amides is 1. The molecule has 10 heteroatoms. The summed E-state index contributed by atoms with van der Waals surface area (Å²) >= 11 is 0. The Morgan fingerprint density at radius 3 is 2.57 bits per heavy atom. The molecule has 1 aromatic rings. The van der Waals surface area contributed by atoms with Crippen molar-refractivity contribution in [2.24, 2.45) is 0 Å². The van der Waals surface area contributed by atoms with Crippen molar-refractivity contribution in [3.05, 3.63) is 23.8 Å². The molecule has 0 atom stereocenters. The van der Waals surface area contributed by atoms with Crippen LogP contribution in [0.5, 0.6) is 5.75 Å². The first kappa shape index (κ1) is 24.6. The molecule has 0 radical (unpaired) electrons. The Balaban J connectivity index is 0.00000392. The maximum absolute atomic E-state index is 13.0. The van der Waals surface area contributed by atoms with Crippen LogP contribution in [0.25, 0.3) is 0 Å². The van der Waals surface area contributed by atoms with E-state index in [2.05, 4.69) is 17.6 Å². The number of hydrogen-bond acceptors (Lipinski definition) is 6. The summed E-state index contributed by atoms with van der Waals surface area (Å²) in [6.07, 6.45) is 1.16. The quantitative estimate of drug-likeness (QED) is 0.527. The molecule has 0 saturated carbocycles. The van der Waals surface area contributed by atoms with E-state index in [0.29, 0.717) is 45.0 Å². The van der Waals surface area contributed by atoms with Gasteiger partial charge >= 0.3 is 0 Å². The van der Waals surface area contributed by atoms with Crippen LogP contribution in [0, 0.1) is 0 Å². The van der Waals surface area contributed by atoms with Gasteiger partial charge in [0.15, 0.2) is 0 Å². The second-order valence-corrected chi connectivity index (χ2v) is 8.18. The first-order valence-electron chi connectivity index (χ1n) is 9.21. The van der Waals surface area contributed by atoms with E-state index in [0.717, 1.165) is 13.0 Å². The van der Waals surface area contributed by atoms with Crippen LogP contribution >= 0.6 is 12.4 Å². The van der Waals surface area contributed by atoms with Crippen molar-refractivity contribution in [3.63, 3.8) is 0 Å². The summed E-state index contributed by atoms with van der Waals surface area (Å²) in [6, 6.07) is 4.84. The van der Waals surface area contributed by atoms with Crippen LogP contribution in [0.15, 0.2) is 23.1 Å². The molecule has 0 bridgehead atoms. The lowest BCUT2D eigenvalue weighted by Crippen LogP contribution is -2.40. The highest BCUT2D eigenvalue weighted by atomic mass is 35.5. The van der Waals surface area contributed by atoms with E-state index in [4.69, 9.17) is 9.47 Å². The van der Waals surface area contributed by atoms with Crippen molar-refractivity contribution in [3.8, 4) is 5.75 Å². The maximum Gasteiger partial charge on any atom is 0.246 e. The number of carbonyl (C=O) groups is 1. The van der Waals surface area contributed by atoms with Gasteiger partial charge in [-0.25, -0.2) is 8.42 Å². The highest BCUT2D eigenvalue weighted by molar-refractivity contribution is 7.89. The lowest BCUT2D eigenvalue weighted by atomic mass is 10.1. The minimum atomic E-state index is -3.70. The summed E-state index contributed by atoms with van der Waals surface area (Å²) in [6.45, 7) is 5.59. The number of hydrogen-bond donors (Lipinski definition) is 2. The number of rotatable bonds is 10. The van der Waals surface area contributed by atoms with Gasteiger partial charge in [-0.1, -0.05) is 13.0 Å². The molecule has 28 heavy (non-hydrogen) atoms. The molecule has 0 unspecified atom stereocenters. The Labute approximate surface area is 173 Å². The van der Waals surface area contributed by atoms with Crippen molar-refractivity contribution in [1.82, 2.24) is 14.9 Å². The molecule has 1 aliphatic heterocycles. The van der Waals surface area contributed by atoms with Gasteiger partial charge in [-0.3, -0.25) is 4.79 Å². The summed E-state index contributed by atoms with van der Waals surface area (Å²) in [7, 11) is -2.27. The number of sulfonamides is 1. The summed E-state index contributed by atoms with van der Waals surface area (Å²) in [4.78, 5) is 12.2. The summed E-state index contributed by atoms with van der Waals surface area (Å²) in [5, 5.41) is 6.04. The first-order valence-corrected chi connectivity index (χ1v) is 10.6. The molecule has 2 N–H and O–H groups in total. The maximum atomic E-state index is 13.0. The summed E-state index contributed by atoms with van der Waals surface area (Å²) in [5.74, 6) is 0.127. The van der Waals surface area contributed by atoms with Gasteiger partial charge in [0.1, 0.15) is 10.6 Å². The van der Waals surface area contributed by atoms with Crippen molar-refractivity contribution >= 4 is 28.3 Å². The van der Waals surface area contributed by atoms with Gasteiger partial charge in [0.05, 0.1) is 26.7 Å². The molecule has 0 aromatic heterocycles. The molecule has 1 aliphatic rings. The number of morpholine rings is 1. The summed E-state index contributed by atoms with van der Waals surface area (Å²) < 4.78 is 37.8. The Morgan fingerprint density at radius 1 is 1.21 bits per heavy atom. The fourth-order valence-electron chi connectivity index (χ4n) is 2.80. The van der Waals surface area contributed by atoms with Gasteiger partial charge in [0, 0.05) is 26.2 Å². The van der Waals surface area contributed by atoms with Gasteiger partial charge in [-0.15, -0.1) is 12.4 Å². The number of carbonyl (C=O) groups excluding carboxylic acids is 1. The van der Waals surface area contributed by atoms with E-state index in [1.807, 2.05) is 0 Å². The standard InChI is InChI=1S/C18H29N3O5S.ClH/c1-3-6-19-7-8-20-18(22)14-15-4-5-16(25-2)17(13-15)27(23,24)21-9-11-26-12-10-21;/h4-5,13,19H,3,6-12,14H2,1-2H3,(H,20,22);1H. The van der Waals surface area contributed by atoms with Crippen LogP contribution in [-0.4, -0.2) is 71.7 Å². The van der Waals surface area contributed by atoms with E-state index in [-0.39, 0.29) is 35.4 Å². The van der Waals surface area contributed by atoms with Crippen LogP contribution in [0.4, 0.5) is 0 Å². The zero-order valence-corrected chi connectivity index (χ0v) is 18.0. The molecule has 1 aromatic carbocycles. The lowest BCUT2D eigenvalue weighted by molar-refractivity contribution is -0.120. The molecular weight excluding hydrogens is 406 g/mol. The first-order chi connectivity index (χ1) is 13.0. The van der Waals surface area contributed by atoms with E-state index in [1.165, 1.54) is 17.5 Å². The fraction of sp³-hybridized carbons (Fsp3) is 0.611. The van der Waals surface area contributed by atoms with Crippen molar-refractivity contribution in [1.29, 1.82) is 0 Å². The normalized spacial score (nSPS) is 14.9. The predicted octanol–water partition coefficient (Wildman–Crippen LogP) is 0.796. The molecular formula is C18H30ClN3O5S. The average molecular weight is 436 g/mol. The van der Waals surface area contributed by atoms with E-state index in [1.54, 1.807) is 12.1 Å². The average Bonchev–Trinajstić information content (AvgIpc) is 2.68. The van der Waals surface area contributed by atoms with Crippen LogP contribution in [0.2, 0.25) is 0 Å². The molecule has 0 aliphatic carbocycles. The van der Waals surface area contributed by atoms with Crippen molar-refractivity contribution < 1.29 is 22.7 Å². The van der Waals surface area contributed by atoms with Gasteiger partial charge in [0.2, 0.25) is 15.9 Å². The van der Waals surface area contributed by atoms with Crippen LogP contribution in [-0.2, 0) is 26.0 Å².